The van der Waals surface area contributed by atoms with E-state index in [0.717, 1.165) is 39.1 Å². The summed E-state index contributed by atoms with van der Waals surface area (Å²) in [7, 11) is 4.33. The standard InChI is InChI=1S/C15H24FN3/c1-18(11-15-12-19(2)10-8-17-15)9-7-13-3-5-14(16)6-4-13/h3-6,15,17H,7-12H2,1-2H3. The van der Waals surface area contributed by atoms with E-state index in [1.807, 2.05) is 12.1 Å². The second-order valence-electron chi connectivity index (χ2n) is 5.55. The largest absolute Gasteiger partial charge is 0.310 e. The van der Waals surface area contributed by atoms with Crippen molar-refractivity contribution >= 4 is 0 Å². The maximum Gasteiger partial charge on any atom is 0.123 e. The fraction of sp³-hybridized carbons (Fsp3) is 0.600. The van der Waals surface area contributed by atoms with Crippen molar-refractivity contribution in [1.29, 1.82) is 0 Å². The van der Waals surface area contributed by atoms with Gasteiger partial charge in [-0.15, -0.1) is 0 Å². The van der Waals surface area contributed by atoms with Crippen molar-refractivity contribution in [3.05, 3.63) is 35.6 Å². The molecule has 0 spiro atoms. The molecule has 0 radical (unpaired) electrons. The van der Waals surface area contributed by atoms with Crippen molar-refractivity contribution < 1.29 is 4.39 Å². The highest BCUT2D eigenvalue weighted by molar-refractivity contribution is 5.16. The smallest absolute Gasteiger partial charge is 0.123 e. The van der Waals surface area contributed by atoms with Crippen LogP contribution in [-0.2, 0) is 6.42 Å². The summed E-state index contributed by atoms with van der Waals surface area (Å²) in [4.78, 5) is 4.72. The predicted octanol–water partition coefficient (Wildman–Crippen LogP) is 1.20. The van der Waals surface area contributed by atoms with Crippen LogP contribution < -0.4 is 5.32 Å². The monoisotopic (exact) mass is 265 g/mol. The summed E-state index contributed by atoms with van der Waals surface area (Å²) in [5.74, 6) is -0.161. The summed E-state index contributed by atoms with van der Waals surface area (Å²) < 4.78 is 12.8. The third-order valence-corrected chi connectivity index (χ3v) is 3.69. The Morgan fingerprint density at radius 2 is 2.11 bits per heavy atom. The van der Waals surface area contributed by atoms with Crippen LogP contribution in [0.1, 0.15) is 5.56 Å². The van der Waals surface area contributed by atoms with E-state index >= 15 is 0 Å². The van der Waals surface area contributed by atoms with Crippen molar-refractivity contribution in [2.75, 3.05) is 46.8 Å². The normalized spacial score (nSPS) is 20.9. The molecular weight excluding hydrogens is 241 g/mol. The van der Waals surface area contributed by atoms with E-state index in [-0.39, 0.29) is 5.82 Å². The van der Waals surface area contributed by atoms with Crippen molar-refractivity contribution in [1.82, 2.24) is 15.1 Å². The first-order valence-electron chi connectivity index (χ1n) is 6.98. The maximum atomic E-state index is 12.8. The summed E-state index contributed by atoms with van der Waals surface area (Å²) in [6, 6.07) is 7.36. The van der Waals surface area contributed by atoms with Gasteiger partial charge in [0.25, 0.3) is 0 Å². The van der Waals surface area contributed by atoms with Crippen molar-refractivity contribution in [3.8, 4) is 0 Å². The Balaban J connectivity index is 1.72. The molecule has 0 saturated carbocycles. The molecule has 1 N–H and O–H groups in total. The zero-order valence-electron chi connectivity index (χ0n) is 11.9. The van der Waals surface area contributed by atoms with Gasteiger partial charge in [-0.2, -0.15) is 0 Å². The highest BCUT2D eigenvalue weighted by Gasteiger charge is 2.17. The number of hydrogen-bond donors (Lipinski definition) is 1. The molecule has 1 atom stereocenters. The second-order valence-corrected chi connectivity index (χ2v) is 5.55. The Labute approximate surface area is 115 Å². The van der Waals surface area contributed by atoms with Gasteiger partial charge in [0.1, 0.15) is 5.82 Å². The minimum atomic E-state index is -0.161. The van der Waals surface area contributed by atoms with Crippen LogP contribution in [0.2, 0.25) is 0 Å². The molecule has 0 bridgehead atoms. The fourth-order valence-electron chi connectivity index (χ4n) is 2.55. The number of piperazine rings is 1. The van der Waals surface area contributed by atoms with Crippen molar-refractivity contribution in [2.24, 2.45) is 0 Å². The molecule has 1 aliphatic rings. The molecule has 2 rings (SSSR count). The zero-order valence-corrected chi connectivity index (χ0v) is 11.9. The molecular formula is C15H24FN3. The van der Waals surface area contributed by atoms with Gasteiger partial charge in [-0.25, -0.2) is 4.39 Å². The third-order valence-electron chi connectivity index (χ3n) is 3.69. The van der Waals surface area contributed by atoms with E-state index in [2.05, 4.69) is 29.2 Å². The Bertz CT molecular complexity index is 379. The summed E-state index contributed by atoms with van der Waals surface area (Å²) >= 11 is 0. The molecule has 1 aliphatic heterocycles. The Kier molecular flexibility index (Phi) is 5.31. The quantitative estimate of drug-likeness (QED) is 0.863. The number of halogens is 1. The predicted molar refractivity (Wildman–Crippen MR) is 76.9 cm³/mol. The first-order chi connectivity index (χ1) is 9.13. The van der Waals surface area contributed by atoms with Crippen LogP contribution in [0, 0.1) is 5.82 Å². The van der Waals surface area contributed by atoms with Crippen LogP contribution in [0.15, 0.2) is 24.3 Å². The van der Waals surface area contributed by atoms with Crippen LogP contribution in [-0.4, -0.2) is 62.7 Å². The van der Waals surface area contributed by atoms with E-state index in [1.54, 1.807) is 0 Å². The lowest BCUT2D eigenvalue weighted by Gasteiger charge is -2.33. The maximum absolute atomic E-state index is 12.8. The average Bonchev–Trinajstić information content (AvgIpc) is 2.38. The van der Waals surface area contributed by atoms with Gasteiger partial charge in [-0.1, -0.05) is 12.1 Å². The number of benzene rings is 1. The zero-order chi connectivity index (χ0) is 13.7. The Hall–Kier alpha value is -0.970. The number of rotatable bonds is 5. The van der Waals surface area contributed by atoms with Crippen LogP contribution in [0.4, 0.5) is 4.39 Å². The Morgan fingerprint density at radius 1 is 1.37 bits per heavy atom. The molecule has 1 aromatic carbocycles. The first-order valence-corrected chi connectivity index (χ1v) is 6.98. The van der Waals surface area contributed by atoms with Gasteiger partial charge >= 0.3 is 0 Å². The molecule has 1 saturated heterocycles. The molecule has 1 aromatic rings. The fourth-order valence-corrected chi connectivity index (χ4v) is 2.55. The van der Waals surface area contributed by atoms with E-state index in [4.69, 9.17) is 0 Å². The number of likely N-dealkylation sites (N-methyl/N-ethyl adjacent to an activating group) is 2. The molecule has 1 heterocycles. The second kappa shape index (κ2) is 6.98. The SMILES string of the molecule is CN1CCNC(CN(C)CCc2ccc(F)cc2)C1. The van der Waals surface area contributed by atoms with Crippen LogP contribution in [0.3, 0.4) is 0 Å². The van der Waals surface area contributed by atoms with Gasteiger partial charge in [0.2, 0.25) is 0 Å². The van der Waals surface area contributed by atoms with E-state index in [1.165, 1.54) is 17.7 Å². The van der Waals surface area contributed by atoms with Gasteiger partial charge in [-0.3, -0.25) is 0 Å². The van der Waals surface area contributed by atoms with Crippen molar-refractivity contribution in [2.45, 2.75) is 12.5 Å². The highest BCUT2D eigenvalue weighted by Crippen LogP contribution is 2.05. The topological polar surface area (TPSA) is 18.5 Å². The molecule has 3 nitrogen and oxygen atoms in total. The minimum absolute atomic E-state index is 0.161. The lowest BCUT2D eigenvalue weighted by Crippen LogP contribution is -2.53. The van der Waals surface area contributed by atoms with Crippen LogP contribution in [0.5, 0.6) is 0 Å². The van der Waals surface area contributed by atoms with E-state index in [0.29, 0.717) is 6.04 Å². The first kappa shape index (κ1) is 14.4. The highest BCUT2D eigenvalue weighted by atomic mass is 19.1. The molecule has 0 amide bonds. The molecule has 106 valence electrons. The minimum Gasteiger partial charge on any atom is -0.310 e. The summed E-state index contributed by atoms with van der Waals surface area (Å²) in [6.07, 6.45) is 0.972. The van der Waals surface area contributed by atoms with Gasteiger partial charge in [0.05, 0.1) is 0 Å². The number of hydrogen-bond acceptors (Lipinski definition) is 3. The summed E-state index contributed by atoms with van der Waals surface area (Å²) in [6.45, 7) is 5.39. The molecule has 0 aromatic heterocycles. The summed E-state index contributed by atoms with van der Waals surface area (Å²) in [5.41, 5.74) is 1.20. The molecule has 1 fully saturated rings. The average molecular weight is 265 g/mol. The third kappa shape index (κ3) is 4.90. The lowest BCUT2D eigenvalue weighted by molar-refractivity contribution is 0.196. The van der Waals surface area contributed by atoms with Crippen LogP contribution >= 0.6 is 0 Å². The molecule has 19 heavy (non-hydrogen) atoms. The van der Waals surface area contributed by atoms with Gasteiger partial charge in [-0.05, 0) is 38.2 Å². The molecule has 1 unspecified atom stereocenters. The van der Waals surface area contributed by atoms with Crippen LogP contribution in [0.25, 0.3) is 0 Å². The summed E-state index contributed by atoms with van der Waals surface area (Å²) in [5, 5.41) is 3.55. The molecule has 4 heteroatoms. The molecule has 0 aliphatic carbocycles. The van der Waals surface area contributed by atoms with Gasteiger partial charge < -0.3 is 15.1 Å². The lowest BCUT2D eigenvalue weighted by atomic mass is 10.1. The van der Waals surface area contributed by atoms with Gasteiger partial charge in [0.15, 0.2) is 0 Å². The van der Waals surface area contributed by atoms with Gasteiger partial charge in [0, 0.05) is 38.8 Å². The number of nitrogens with one attached hydrogen (secondary N) is 1. The van der Waals surface area contributed by atoms with Crippen molar-refractivity contribution in [3.63, 3.8) is 0 Å². The Morgan fingerprint density at radius 3 is 2.79 bits per heavy atom. The van der Waals surface area contributed by atoms with E-state index in [9.17, 15) is 4.39 Å². The number of nitrogens with zero attached hydrogens (tertiary/aromatic N) is 2. The van der Waals surface area contributed by atoms with E-state index < -0.39 is 0 Å².